The summed E-state index contributed by atoms with van der Waals surface area (Å²) in [6.45, 7) is 6.26. The molecule has 0 amide bonds. The topological polar surface area (TPSA) is 130 Å². The molecule has 2 aliphatic carbocycles. The third kappa shape index (κ3) is 6.01. The Balaban J connectivity index is 1.25. The Labute approximate surface area is 233 Å². The van der Waals surface area contributed by atoms with Crippen LogP contribution in [0.25, 0.3) is 10.9 Å². The summed E-state index contributed by atoms with van der Waals surface area (Å²) in [5.41, 5.74) is -1.40. The van der Waals surface area contributed by atoms with E-state index >= 15 is 0 Å². The molecule has 0 bridgehead atoms. The molecule has 39 heavy (non-hydrogen) atoms. The van der Waals surface area contributed by atoms with Crippen molar-refractivity contribution >= 4 is 44.7 Å². The maximum absolute atomic E-state index is 13.3. The lowest BCUT2D eigenvalue weighted by Gasteiger charge is -2.19. The van der Waals surface area contributed by atoms with Crippen LogP contribution in [0.5, 0.6) is 11.6 Å². The van der Waals surface area contributed by atoms with Crippen LogP contribution in [-0.2, 0) is 28.4 Å². The van der Waals surface area contributed by atoms with Crippen LogP contribution in [0, 0.1) is 11.3 Å². The number of para-hydroxylation sites is 1. The number of rotatable bonds is 12. The number of hydrogen-bond donors (Lipinski definition) is 1. The highest BCUT2D eigenvalue weighted by molar-refractivity contribution is 7.82. The van der Waals surface area contributed by atoms with Gasteiger partial charge in [-0.05, 0) is 51.2 Å². The van der Waals surface area contributed by atoms with E-state index in [0.29, 0.717) is 67.4 Å². The normalized spacial score (nSPS) is 27.2. The Kier molecular flexibility index (Phi) is 7.56. The molecule has 1 aromatic carbocycles. The number of ether oxygens (including phenoxy) is 2. The lowest BCUT2D eigenvalue weighted by Crippen LogP contribution is -2.36. The fraction of sp³-hybridized carbons (Fsp3) is 0.593. The van der Waals surface area contributed by atoms with Gasteiger partial charge in [0.1, 0.15) is 11.9 Å². The largest absolute Gasteiger partial charge is 0.488 e. The van der Waals surface area contributed by atoms with Gasteiger partial charge in [0.05, 0.1) is 34.2 Å². The predicted molar refractivity (Wildman–Crippen MR) is 143 cm³/mol. The number of carbonyl (C=O) groups is 2. The first-order chi connectivity index (χ1) is 18.5. The SMILES string of the molecule is CCOc1cc(O[C@H]2CN[C@H](C(=O)C[C@]3(C(=O)OS(=O)(=O)OC4(C)CC4)C[C@H]3CC)C2)c2cccc(Cl)c2n1. The van der Waals surface area contributed by atoms with Gasteiger partial charge in [-0.15, -0.1) is 0 Å². The number of ketones is 1. The van der Waals surface area contributed by atoms with Crippen LogP contribution in [0.15, 0.2) is 24.3 Å². The zero-order valence-electron chi connectivity index (χ0n) is 22.2. The Bertz CT molecular complexity index is 1400. The van der Waals surface area contributed by atoms with Gasteiger partial charge in [-0.3, -0.25) is 9.59 Å². The van der Waals surface area contributed by atoms with E-state index in [-0.39, 0.29) is 24.2 Å². The zero-order valence-corrected chi connectivity index (χ0v) is 23.8. The molecule has 2 aromatic rings. The molecule has 12 heteroatoms. The highest BCUT2D eigenvalue weighted by Crippen LogP contribution is 2.58. The molecule has 10 nitrogen and oxygen atoms in total. The van der Waals surface area contributed by atoms with Crippen molar-refractivity contribution in [2.75, 3.05) is 13.2 Å². The van der Waals surface area contributed by atoms with Crippen LogP contribution in [-0.4, -0.2) is 56.1 Å². The van der Waals surface area contributed by atoms with Crippen molar-refractivity contribution < 1.29 is 35.8 Å². The van der Waals surface area contributed by atoms with Crippen molar-refractivity contribution in [3.8, 4) is 11.6 Å². The number of fused-ring (bicyclic) bond motifs is 1. The molecule has 0 unspecified atom stereocenters. The minimum absolute atomic E-state index is 0.107. The molecule has 1 saturated heterocycles. The van der Waals surface area contributed by atoms with Crippen LogP contribution in [0.2, 0.25) is 5.02 Å². The standard InChI is InChI=1S/C27H33ClN2O8S/c1-4-16-13-27(16,25(32)37-39(33,34)38-26(3)9-10-26)14-21(31)20-11-17(15-29-20)36-22-12-23(35-5-2)30-24-18(22)7-6-8-19(24)28/h6-8,12,16-17,20,29H,4-5,9-11,13-15H2,1-3H3/t16-,17-,20+,27-/m1/s1. The monoisotopic (exact) mass is 580 g/mol. The first-order valence-corrected chi connectivity index (χ1v) is 15.0. The fourth-order valence-corrected chi connectivity index (χ4v) is 6.55. The van der Waals surface area contributed by atoms with Gasteiger partial charge in [0, 0.05) is 30.8 Å². The van der Waals surface area contributed by atoms with Gasteiger partial charge in [0.15, 0.2) is 5.78 Å². The maximum atomic E-state index is 13.3. The number of Topliss-reactive ketones (excluding diaryl/α,β-unsaturated/α-hetero) is 1. The van der Waals surface area contributed by atoms with Crippen LogP contribution in [0.4, 0.5) is 0 Å². The quantitative estimate of drug-likeness (QED) is 0.391. The van der Waals surface area contributed by atoms with Crippen molar-refractivity contribution in [1.29, 1.82) is 0 Å². The first-order valence-electron chi connectivity index (χ1n) is 13.3. The van der Waals surface area contributed by atoms with E-state index in [1.54, 1.807) is 19.1 Å². The van der Waals surface area contributed by atoms with Crippen molar-refractivity contribution in [3.63, 3.8) is 0 Å². The molecule has 1 aliphatic heterocycles. The summed E-state index contributed by atoms with van der Waals surface area (Å²) in [7, 11) is -4.50. The summed E-state index contributed by atoms with van der Waals surface area (Å²) in [6, 6.07) is 6.59. The highest BCUT2D eigenvalue weighted by Gasteiger charge is 2.62. The number of halogens is 1. The third-order valence-electron chi connectivity index (χ3n) is 7.85. The Morgan fingerprint density at radius 2 is 2.00 bits per heavy atom. The van der Waals surface area contributed by atoms with Crippen molar-refractivity contribution in [3.05, 3.63) is 29.3 Å². The van der Waals surface area contributed by atoms with Crippen molar-refractivity contribution in [2.45, 2.75) is 77.0 Å². The van der Waals surface area contributed by atoms with Gasteiger partial charge in [0.2, 0.25) is 5.88 Å². The second-order valence-corrected chi connectivity index (χ2v) is 12.4. The Morgan fingerprint density at radius 1 is 1.23 bits per heavy atom. The van der Waals surface area contributed by atoms with Gasteiger partial charge in [-0.2, -0.15) is 8.42 Å². The van der Waals surface area contributed by atoms with E-state index in [2.05, 4.69) is 10.3 Å². The van der Waals surface area contributed by atoms with Crippen LogP contribution in [0.3, 0.4) is 0 Å². The molecule has 3 aliphatic rings. The lowest BCUT2D eigenvalue weighted by molar-refractivity contribution is -0.144. The van der Waals surface area contributed by atoms with Crippen LogP contribution < -0.4 is 14.8 Å². The molecule has 212 valence electrons. The van der Waals surface area contributed by atoms with Gasteiger partial charge >= 0.3 is 16.4 Å². The van der Waals surface area contributed by atoms with E-state index in [0.717, 1.165) is 5.39 Å². The van der Waals surface area contributed by atoms with E-state index in [1.165, 1.54) is 0 Å². The van der Waals surface area contributed by atoms with Gasteiger partial charge in [-0.1, -0.05) is 31.0 Å². The summed E-state index contributed by atoms with van der Waals surface area (Å²) in [4.78, 5) is 30.8. The second-order valence-electron chi connectivity index (χ2n) is 10.9. The zero-order chi connectivity index (χ0) is 28.0. The molecule has 3 fully saturated rings. The predicted octanol–water partition coefficient (Wildman–Crippen LogP) is 4.13. The summed E-state index contributed by atoms with van der Waals surface area (Å²) < 4.78 is 46.4. The fourth-order valence-electron chi connectivity index (χ4n) is 5.28. The number of pyridine rings is 1. The van der Waals surface area contributed by atoms with Gasteiger partial charge in [-0.25, -0.2) is 9.17 Å². The summed E-state index contributed by atoms with van der Waals surface area (Å²) in [5, 5.41) is 4.40. The van der Waals surface area contributed by atoms with Crippen LogP contribution >= 0.6 is 11.6 Å². The van der Waals surface area contributed by atoms with Gasteiger partial charge < -0.3 is 19.0 Å². The lowest BCUT2D eigenvalue weighted by atomic mass is 9.92. The van der Waals surface area contributed by atoms with E-state index in [4.69, 9.17) is 29.4 Å². The molecule has 4 atom stereocenters. The molecular formula is C27H33ClN2O8S. The average molecular weight is 581 g/mol. The molecule has 1 aromatic heterocycles. The second kappa shape index (κ2) is 10.5. The molecule has 0 radical (unpaired) electrons. The molecular weight excluding hydrogens is 548 g/mol. The maximum Gasteiger partial charge on any atom is 0.452 e. The number of benzene rings is 1. The van der Waals surface area contributed by atoms with E-state index in [1.807, 2.05) is 26.0 Å². The molecule has 2 heterocycles. The number of hydrogen-bond acceptors (Lipinski definition) is 10. The first kappa shape index (κ1) is 28.1. The summed E-state index contributed by atoms with van der Waals surface area (Å²) in [6.07, 6.45) is 2.14. The molecule has 1 N–H and O–H groups in total. The molecule has 0 spiro atoms. The smallest absolute Gasteiger partial charge is 0.452 e. The highest BCUT2D eigenvalue weighted by atomic mass is 35.5. The van der Waals surface area contributed by atoms with Crippen molar-refractivity contribution in [2.24, 2.45) is 11.3 Å². The van der Waals surface area contributed by atoms with Gasteiger partial charge in [0.25, 0.3) is 0 Å². The third-order valence-corrected chi connectivity index (χ3v) is 9.12. The minimum atomic E-state index is -4.50. The molecule has 2 saturated carbocycles. The number of nitrogens with zero attached hydrogens (tertiary/aromatic N) is 1. The average Bonchev–Trinajstić information content (AvgIpc) is 3.72. The Morgan fingerprint density at radius 3 is 2.67 bits per heavy atom. The van der Waals surface area contributed by atoms with E-state index < -0.39 is 33.4 Å². The van der Waals surface area contributed by atoms with Crippen LogP contribution in [0.1, 0.15) is 59.3 Å². The molecule has 5 rings (SSSR count). The number of aromatic nitrogens is 1. The number of carbonyl (C=O) groups excluding carboxylic acids is 2. The minimum Gasteiger partial charge on any atom is -0.488 e. The summed E-state index contributed by atoms with van der Waals surface area (Å²) in [5.74, 6) is -0.283. The van der Waals surface area contributed by atoms with Crippen molar-refractivity contribution in [1.82, 2.24) is 10.3 Å². The number of nitrogens with one attached hydrogen (secondary N) is 1. The Hall–Kier alpha value is -2.47. The summed E-state index contributed by atoms with van der Waals surface area (Å²) >= 11 is 6.36. The van der Waals surface area contributed by atoms with E-state index in [9.17, 15) is 18.0 Å².